The van der Waals surface area contributed by atoms with Crippen molar-refractivity contribution in [3.05, 3.63) is 76.0 Å². The number of carbonyl (C=O) groups is 1. The molecule has 0 amide bonds. The number of alkyl halides is 3. The Morgan fingerprint density at radius 1 is 1.14 bits per heavy atom. The number of hydrogen-bond acceptors (Lipinski definition) is 6. The Labute approximate surface area is 208 Å². The Morgan fingerprint density at radius 2 is 1.81 bits per heavy atom. The minimum absolute atomic E-state index is 0.124. The highest BCUT2D eigenvalue weighted by atomic mass is 19.4. The van der Waals surface area contributed by atoms with Gasteiger partial charge in [0, 0.05) is 43.8 Å². The molecule has 0 aliphatic carbocycles. The number of hydrogen-bond donors (Lipinski definition) is 2. The number of carbonyl (C=O) groups excluding carboxylic acids is 1. The molecule has 1 saturated heterocycles. The zero-order valence-electron chi connectivity index (χ0n) is 20.6. The summed E-state index contributed by atoms with van der Waals surface area (Å²) in [5.41, 5.74) is 5.94. The third-order valence-corrected chi connectivity index (χ3v) is 5.01. The first-order valence-electron chi connectivity index (χ1n) is 11.5. The summed E-state index contributed by atoms with van der Waals surface area (Å²) in [6.45, 7) is 5.91. The third kappa shape index (κ3) is 9.77. The summed E-state index contributed by atoms with van der Waals surface area (Å²) in [6, 6.07) is 9.62. The molecule has 0 aromatic heterocycles. The van der Waals surface area contributed by atoms with Gasteiger partial charge in [-0.25, -0.2) is 0 Å². The van der Waals surface area contributed by atoms with Crippen molar-refractivity contribution in [2.24, 2.45) is 10.7 Å². The first-order valence-corrected chi connectivity index (χ1v) is 11.5. The summed E-state index contributed by atoms with van der Waals surface area (Å²) in [6.07, 6.45) is 2.58. The number of amidine groups is 1. The molecule has 0 unspecified atom stereocenters. The van der Waals surface area contributed by atoms with Gasteiger partial charge >= 0.3 is 6.18 Å². The van der Waals surface area contributed by atoms with Crippen LogP contribution < -0.4 is 16.0 Å². The van der Waals surface area contributed by atoms with Crippen molar-refractivity contribution in [1.29, 1.82) is 0 Å². The van der Waals surface area contributed by atoms with Gasteiger partial charge in [-0.05, 0) is 55.7 Å². The van der Waals surface area contributed by atoms with E-state index in [-0.39, 0.29) is 17.1 Å². The molecule has 8 nitrogen and oxygen atoms in total. The van der Waals surface area contributed by atoms with Crippen molar-refractivity contribution in [2.45, 2.75) is 39.3 Å². The number of nitrogens with one attached hydrogen (secondary N) is 1. The fourth-order valence-electron chi connectivity index (χ4n) is 3.23. The van der Waals surface area contributed by atoms with Crippen LogP contribution in [-0.2, 0) is 6.18 Å². The summed E-state index contributed by atoms with van der Waals surface area (Å²) in [5, 5.41) is 13.4. The number of nitro groups is 1. The first kappa shape index (κ1) is 30.1. The Morgan fingerprint density at radius 3 is 2.36 bits per heavy atom. The number of rotatable bonds is 6. The normalized spacial score (nSPS) is 13.7. The quantitative estimate of drug-likeness (QED) is 0.162. The fourth-order valence-corrected chi connectivity index (χ4v) is 3.23. The minimum Gasteiger partial charge on any atom is -0.384 e. The molecule has 2 aromatic carbocycles. The number of nitro benzene ring substituents is 1. The molecule has 0 spiro atoms. The molecular formula is C25H32F3N5O3. The van der Waals surface area contributed by atoms with Crippen LogP contribution in [0.5, 0.6) is 0 Å². The van der Waals surface area contributed by atoms with Gasteiger partial charge in [-0.3, -0.25) is 19.9 Å². The molecule has 1 heterocycles. The van der Waals surface area contributed by atoms with E-state index in [1.165, 1.54) is 43.9 Å². The van der Waals surface area contributed by atoms with Crippen LogP contribution >= 0.6 is 0 Å². The average Bonchev–Trinajstić information content (AvgIpc) is 2.90. The molecule has 1 aliphatic rings. The molecule has 0 saturated carbocycles. The molecule has 1 aliphatic heterocycles. The number of benzene rings is 2. The largest absolute Gasteiger partial charge is 0.416 e. The molecule has 36 heavy (non-hydrogen) atoms. The van der Waals surface area contributed by atoms with Gasteiger partial charge in [-0.15, -0.1) is 0 Å². The lowest BCUT2D eigenvalue weighted by Gasteiger charge is -2.28. The summed E-state index contributed by atoms with van der Waals surface area (Å²) in [5.74, 6) is 0.282. The van der Waals surface area contributed by atoms with Crippen molar-refractivity contribution in [1.82, 2.24) is 0 Å². The predicted octanol–water partition coefficient (Wildman–Crippen LogP) is 6.04. The molecule has 0 radical (unpaired) electrons. The van der Waals surface area contributed by atoms with E-state index in [9.17, 15) is 28.1 Å². The Kier molecular flexibility index (Phi) is 12.7. The lowest BCUT2D eigenvalue weighted by molar-refractivity contribution is -0.385. The molecule has 3 rings (SSSR count). The van der Waals surface area contributed by atoms with E-state index in [1.54, 1.807) is 12.1 Å². The van der Waals surface area contributed by atoms with Gasteiger partial charge in [-0.2, -0.15) is 13.2 Å². The summed E-state index contributed by atoms with van der Waals surface area (Å²) in [4.78, 5) is 26.9. The highest BCUT2D eigenvalue weighted by molar-refractivity contribution is 5.91. The zero-order chi connectivity index (χ0) is 27.1. The second-order valence-corrected chi connectivity index (χ2v) is 7.37. The van der Waals surface area contributed by atoms with Crippen LogP contribution in [0.2, 0.25) is 0 Å². The second kappa shape index (κ2) is 15.2. The van der Waals surface area contributed by atoms with Gasteiger partial charge in [-0.1, -0.05) is 19.9 Å². The maximum absolute atomic E-state index is 12.4. The predicted molar refractivity (Wildman–Crippen MR) is 138 cm³/mol. The standard InChI is InChI=1S/C12H14N2O3.C11H12F3N3.C2H6/c15-9-10-8-11(4-5-12(10)14(16)17)13-6-2-1-3-7-13;1-16-10(15)5-6-17-9-4-2-3-8(7-9)11(12,13)14;1-2/h4-5,8-9H,1-3,6-7H2;2-7,17H,1H3,(H2,15,16);1-2H3/b;6-5-;. The summed E-state index contributed by atoms with van der Waals surface area (Å²) >= 11 is 0. The molecule has 0 atom stereocenters. The van der Waals surface area contributed by atoms with E-state index in [0.29, 0.717) is 12.0 Å². The lowest BCUT2D eigenvalue weighted by atomic mass is 10.1. The topological polar surface area (TPSA) is 114 Å². The van der Waals surface area contributed by atoms with Crippen LogP contribution in [0.4, 0.5) is 30.2 Å². The zero-order valence-corrected chi connectivity index (χ0v) is 20.6. The van der Waals surface area contributed by atoms with Crippen molar-refractivity contribution in [2.75, 3.05) is 30.4 Å². The number of nitrogens with zero attached hydrogens (tertiary/aromatic N) is 3. The Hall–Kier alpha value is -3.89. The van der Waals surface area contributed by atoms with Crippen molar-refractivity contribution in [3.63, 3.8) is 0 Å². The van der Waals surface area contributed by atoms with Gasteiger partial charge in [0.15, 0.2) is 6.29 Å². The molecule has 2 aromatic rings. The van der Waals surface area contributed by atoms with Gasteiger partial charge < -0.3 is 16.0 Å². The molecule has 1 fully saturated rings. The second-order valence-electron chi connectivity index (χ2n) is 7.37. The van der Waals surface area contributed by atoms with E-state index >= 15 is 0 Å². The van der Waals surface area contributed by atoms with Crippen LogP contribution in [0.1, 0.15) is 49.0 Å². The Bertz CT molecular complexity index is 1050. The molecule has 11 heteroatoms. The average molecular weight is 508 g/mol. The molecule has 196 valence electrons. The van der Waals surface area contributed by atoms with Crippen molar-refractivity contribution >= 4 is 29.2 Å². The number of aliphatic imine (C=N–C) groups is 1. The molecule has 3 N–H and O–H groups in total. The monoisotopic (exact) mass is 507 g/mol. The summed E-state index contributed by atoms with van der Waals surface area (Å²) in [7, 11) is 1.52. The summed E-state index contributed by atoms with van der Waals surface area (Å²) < 4.78 is 37.2. The third-order valence-electron chi connectivity index (χ3n) is 5.01. The minimum atomic E-state index is -4.34. The molecule has 0 bridgehead atoms. The van der Waals surface area contributed by atoms with Crippen LogP contribution in [-0.4, -0.2) is 37.2 Å². The fraction of sp³-hybridized carbons (Fsp3) is 0.360. The lowest BCUT2D eigenvalue weighted by Crippen LogP contribution is -2.29. The van der Waals surface area contributed by atoms with Gasteiger partial charge in [0.05, 0.1) is 16.1 Å². The smallest absolute Gasteiger partial charge is 0.384 e. The maximum Gasteiger partial charge on any atom is 0.416 e. The highest BCUT2D eigenvalue weighted by Crippen LogP contribution is 2.30. The SMILES string of the molecule is CC.CN=C(N)/C=C\Nc1cccc(C(F)(F)F)c1.O=Cc1cc(N2CCCCC2)ccc1[N+](=O)[O-]. The number of anilines is 2. The first-order chi connectivity index (χ1) is 17.2. The number of aldehydes is 1. The van der Waals surface area contributed by atoms with Crippen LogP contribution in [0.15, 0.2) is 59.7 Å². The number of nitrogens with two attached hydrogens (primary N) is 1. The van der Waals surface area contributed by atoms with E-state index in [2.05, 4.69) is 15.2 Å². The van der Waals surface area contributed by atoms with Crippen molar-refractivity contribution < 1.29 is 22.9 Å². The van der Waals surface area contributed by atoms with E-state index in [0.717, 1.165) is 43.8 Å². The highest BCUT2D eigenvalue weighted by Gasteiger charge is 2.30. The van der Waals surface area contributed by atoms with E-state index in [4.69, 9.17) is 5.73 Å². The van der Waals surface area contributed by atoms with Crippen LogP contribution in [0.3, 0.4) is 0 Å². The maximum atomic E-state index is 12.4. The van der Waals surface area contributed by atoms with Gasteiger partial charge in [0.25, 0.3) is 5.69 Å². The van der Waals surface area contributed by atoms with E-state index < -0.39 is 16.7 Å². The number of piperidine rings is 1. The molecular weight excluding hydrogens is 475 g/mol. The Balaban J connectivity index is 0.000000337. The van der Waals surface area contributed by atoms with E-state index in [1.807, 2.05) is 13.8 Å². The van der Waals surface area contributed by atoms with Crippen molar-refractivity contribution in [3.8, 4) is 0 Å². The van der Waals surface area contributed by atoms with Crippen LogP contribution in [0, 0.1) is 10.1 Å². The van der Waals surface area contributed by atoms with Gasteiger partial charge in [0.2, 0.25) is 0 Å². The van der Waals surface area contributed by atoms with Gasteiger partial charge in [0.1, 0.15) is 5.84 Å². The van der Waals surface area contributed by atoms with Crippen LogP contribution in [0.25, 0.3) is 0 Å². The number of halogens is 3.